The lowest BCUT2D eigenvalue weighted by Gasteiger charge is -2.25. The molecule has 1 N–H and O–H groups in total. The van der Waals surface area contributed by atoms with Crippen molar-refractivity contribution < 1.29 is 17.6 Å². The van der Waals surface area contributed by atoms with Crippen LogP contribution in [0.5, 0.6) is 0 Å². The van der Waals surface area contributed by atoms with Crippen LogP contribution in [0.4, 0.5) is 10.1 Å². The van der Waals surface area contributed by atoms with Gasteiger partial charge in [0.25, 0.3) is 10.0 Å². The first kappa shape index (κ1) is 22.5. The summed E-state index contributed by atoms with van der Waals surface area (Å²) in [6.45, 7) is 3.39. The van der Waals surface area contributed by atoms with E-state index in [-0.39, 0.29) is 17.3 Å². The Kier molecular flexibility index (Phi) is 7.07. The Morgan fingerprint density at radius 1 is 0.968 bits per heavy atom. The lowest BCUT2D eigenvalue weighted by atomic mass is 10.1. The predicted molar refractivity (Wildman–Crippen MR) is 120 cm³/mol. The van der Waals surface area contributed by atoms with Gasteiger partial charge >= 0.3 is 0 Å². The first-order valence-electron chi connectivity index (χ1n) is 10.0. The molecule has 0 fully saturated rings. The number of hydrogen-bond acceptors (Lipinski definition) is 3. The molecule has 0 radical (unpaired) electrons. The van der Waals surface area contributed by atoms with E-state index in [2.05, 4.69) is 5.32 Å². The number of aryl methyl sites for hydroxylation is 1. The third-order valence-corrected chi connectivity index (χ3v) is 6.79. The normalized spacial score (nSPS) is 12.2. The molecule has 3 aromatic rings. The third kappa shape index (κ3) is 5.49. The third-order valence-electron chi connectivity index (χ3n) is 5.00. The largest absolute Gasteiger partial charge is 0.348 e. The second kappa shape index (κ2) is 9.75. The van der Waals surface area contributed by atoms with Crippen molar-refractivity contribution in [3.63, 3.8) is 0 Å². The number of halogens is 1. The Balaban J connectivity index is 1.87. The number of amides is 1. The maximum atomic E-state index is 13.3. The minimum atomic E-state index is -3.95. The molecular weight excluding hydrogens is 415 g/mol. The van der Waals surface area contributed by atoms with Gasteiger partial charge < -0.3 is 5.32 Å². The topological polar surface area (TPSA) is 66.5 Å². The second-order valence-electron chi connectivity index (χ2n) is 7.19. The van der Waals surface area contributed by atoms with Gasteiger partial charge in [-0.05, 0) is 60.9 Å². The number of nitrogens with zero attached hydrogens (tertiary/aromatic N) is 1. The number of sulfonamides is 1. The number of rotatable bonds is 8. The standard InChI is InChI=1S/C24H25FN2O3S/c1-3-19-9-15-22(16-10-19)27(31(29,30)23-7-5-4-6-8-23)17-24(28)26-18(2)20-11-13-21(25)14-12-20/h4-16,18H,3,17H2,1-2H3,(H,26,28). The molecule has 3 aromatic carbocycles. The molecule has 162 valence electrons. The summed E-state index contributed by atoms with van der Waals surface area (Å²) in [5.41, 5.74) is 2.19. The van der Waals surface area contributed by atoms with E-state index >= 15 is 0 Å². The fourth-order valence-electron chi connectivity index (χ4n) is 3.19. The molecule has 0 aliphatic heterocycles. The Hall–Kier alpha value is -3.19. The van der Waals surface area contributed by atoms with E-state index in [1.807, 2.05) is 19.1 Å². The van der Waals surface area contributed by atoms with Gasteiger partial charge in [0, 0.05) is 0 Å². The SMILES string of the molecule is CCc1ccc(N(CC(=O)NC(C)c2ccc(F)cc2)S(=O)(=O)c2ccccc2)cc1. The van der Waals surface area contributed by atoms with Crippen LogP contribution in [0.15, 0.2) is 83.8 Å². The van der Waals surface area contributed by atoms with Crippen molar-refractivity contribution in [3.05, 3.63) is 95.8 Å². The van der Waals surface area contributed by atoms with Gasteiger partial charge in [0.2, 0.25) is 5.91 Å². The summed E-state index contributed by atoms with van der Waals surface area (Å²) in [6, 6.07) is 20.5. The minimum absolute atomic E-state index is 0.106. The highest BCUT2D eigenvalue weighted by atomic mass is 32.2. The first-order chi connectivity index (χ1) is 14.8. The summed E-state index contributed by atoms with van der Waals surface area (Å²) in [6.07, 6.45) is 0.821. The smallest absolute Gasteiger partial charge is 0.264 e. The van der Waals surface area contributed by atoms with Gasteiger partial charge in [-0.3, -0.25) is 9.10 Å². The summed E-state index contributed by atoms with van der Waals surface area (Å²) in [7, 11) is -3.95. The zero-order valence-corrected chi connectivity index (χ0v) is 18.3. The van der Waals surface area contributed by atoms with Gasteiger partial charge in [-0.1, -0.05) is 49.4 Å². The highest BCUT2D eigenvalue weighted by Crippen LogP contribution is 2.24. The van der Waals surface area contributed by atoms with Gasteiger partial charge in [0.1, 0.15) is 12.4 Å². The van der Waals surface area contributed by atoms with E-state index in [0.29, 0.717) is 5.69 Å². The van der Waals surface area contributed by atoms with Crippen LogP contribution in [-0.2, 0) is 21.2 Å². The van der Waals surface area contributed by atoms with Crippen molar-refractivity contribution in [3.8, 4) is 0 Å². The molecule has 0 aliphatic carbocycles. The first-order valence-corrected chi connectivity index (χ1v) is 11.5. The van der Waals surface area contributed by atoms with Crippen LogP contribution in [0.2, 0.25) is 0 Å². The van der Waals surface area contributed by atoms with Crippen molar-refractivity contribution in [1.82, 2.24) is 5.32 Å². The number of anilines is 1. The fourth-order valence-corrected chi connectivity index (χ4v) is 4.63. The Morgan fingerprint density at radius 2 is 1.58 bits per heavy atom. The van der Waals surface area contributed by atoms with Crippen LogP contribution in [0.25, 0.3) is 0 Å². The molecule has 0 aromatic heterocycles. The lowest BCUT2D eigenvalue weighted by Crippen LogP contribution is -2.41. The molecule has 1 amide bonds. The van der Waals surface area contributed by atoms with E-state index in [1.54, 1.807) is 49.4 Å². The van der Waals surface area contributed by atoms with Gasteiger partial charge in [-0.15, -0.1) is 0 Å². The van der Waals surface area contributed by atoms with Crippen LogP contribution in [0.3, 0.4) is 0 Å². The zero-order valence-electron chi connectivity index (χ0n) is 17.5. The number of carbonyl (C=O) groups excluding carboxylic acids is 1. The van der Waals surface area contributed by atoms with Crippen molar-refractivity contribution in [2.24, 2.45) is 0 Å². The van der Waals surface area contributed by atoms with Crippen molar-refractivity contribution in [2.45, 2.75) is 31.2 Å². The molecule has 0 bridgehead atoms. The maximum Gasteiger partial charge on any atom is 0.264 e. The van der Waals surface area contributed by atoms with E-state index in [4.69, 9.17) is 0 Å². The molecule has 0 spiro atoms. The monoisotopic (exact) mass is 440 g/mol. The van der Waals surface area contributed by atoms with Gasteiger partial charge in [0.15, 0.2) is 0 Å². The molecule has 0 heterocycles. The molecule has 0 saturated heterocycles. The molecule has 31 heavy (non-hydrogen) atoms. The molecule has 5 nitrogen and oxygen atoms in total. The minimum Gasteiger partial charge on any atom is -0.348 e. The fraction of sp³-hybridized carbons (Fsp3) is 0.208. The van der Waals surface area contributed by atoms with E-state index in [1.165, 1.54) is 24.3 Å². The number of nitrogens with one attached hydrogen (secondary N) is 1. The molecular formula is C24H25FN2O3S. The van der Waals surface area contributed by atoms with Crippen LogP contribution < -0.4 is 9.62 Å². The Bertz CT molecular complexity index is 1120. The van der Waals surface area contributed by atoms with Crippen molar-refractivity contribution in [2.75, 3.05) is 10.8 Å². The lowest BCUT2D eigenvalue weighted by molar-refractivity contribution is -0.120. The molecule has 0 aliphatic rings. The second-order valence-corrected chi connectivity index (χ2v) is 9.05. The summed E-state index contributed by atoms with van der Waals surface area (Å²) in [4.78, 5) is 12.9. The average Bonchev–Trinajstić information content (AvgIpc) is 2.78. The summed E-state index contributed by atoms with van der Waals surface area (Å²) >= 11 is 0. The highest BCUT2D eigenvalue weighted by Gasteiger charge is 2.27. The van der Waals surface area contributed by atoms with Crippen LogP contribution in [0, 0.1) is 5.82 Å². The van der Waals surface area contributed by atoms with E-state index < -0.39 is 22.0 Å². The quantitative estimate of drug-likeness (QED) is 0.562. The van der Waals surface area contributed by atoms with E-state index in [9.17, 15) is 17.6 Å². The predicted octanol–water partition coefficient (Wildman–Crippen LogP) is 4.46. The molecule has 0 saturated carbocycles. The highest BCUT2D eigenvalue weighted by molar-refractivity contribution is 7.92. The van der Waals surface area contributed by atoms with Crippen LogP contribution in [-0.4, -0.2) is 20.9 Å². The Labute approximate surface area is 182 Å². The molecule has 1 unspecified atom stereocenters. The Morgan fingerprint density at radius 3 is 2.16 bits per heavy atom. The van der Waals surface area contributed by atoms with Gasteiger partial charge in [-0.25, -0.2) is 12.8 Å². The zero-order chi connectivity index (χ0) is 22.4. The molecule has 7 heteroatoms. The summed E-state index contributed by atoms with van der Waals surface area (Å²) in [5.74, 6) is -0.825. The summed E-state index contributed by atoms with van der Waals surface area (Å²) in [5, 5.41) is 2.79. The molecule has 1 atom stereocenters. The average molecular weight is 441 g/mol. The number of hydrogen-bond donors (Lipinski definition) is 1. The van der Waals surface area contributed by atoms with Crippen LogP contribution in [0.1, 0.15) is 31.0 Å². The van der Waals surface area contributed by atoms with Crippen molar-refractivity contribution in [1.29, 1.82) is 0 Å². The molecule has 3 rings (SSSR count). The summed E-state index contributed by atoms with van der Waals surface area (Å²) < 4.78 is 40.9. The van der Waals surface area contributed by atoms with Gasteiger partial charge in [-0.2, -0.15) is 0 Å². The van der Waals surface area contributed by atoms with Crippen molar-refractivity contribution >= 4 is 21.6 Å². The van der Waals surface area contributed by atoms with E-state index in [0.717, 1.165) is 21.9 Å². The van der Waals surface area contributed by atoms with Crippen LogP contribution >= 0.6 is 0 Å². The van der Waals surface area contributed by atoms with Gasteiger partial charge in [0.05, 0.1) is 16.6 Å². The number of carbonyl (C=O) groups is 1. The maximum absolute atomic E-state index is 13.3. The number of benzene rings is 3.